The van der Waals surface area contributed by atoms with Gasteiger partial charge in [-0.1, -0.05) is 11.3 Å². The summed E-state index contributed by atoms with van der Waals surface area (Å²) in [6, 6.07) is 12.6. The molecule has 0 saturated heterocycles. The average Bonchev–Trinajstić information content (AvgIpc) is 3.21. The van der Waals surface area contributed by atoms with Gasteiger partial charge in [-0.15, -0.1) is 5.10 Å². The predicted octanol–water partition coefficient (Wildman–Crippen LogP) is 3.05. The Morgan fingerprint density at radius 3 is 2.32 bits per heavy atom. The maximum atomic E-state index is 12.3. The number of aromatic nitrogens is 3. The molecule has 0 fully saturated rings. The Labute approximate surface area is 174 Å². The topological polar surface area (TPSA) is 132 Å². The highest BCUT2D eigenvalue weighted by Crippen LogP contribution is 2.19. The fourth-order valence-corrected chi connectivity index (χ4v) is 2.19. The summed E-state index contributed by atoms with van der Waals surface area (Å²) in [5, 5.41) is 17.8. The molecule has 1 amide bonds. The van der Waals surface area contributed by atoms with Gasteiger partial charge in [0, 0.05) is 11.4 Å². The minimum atomic E-state index is -5.08. The number of carboxylic acids is 1. The number of benzene rings is 2. The third-order valence-electron chi connectivity index (χ3n) is 3.82. The van der Waals surface area contributed by atoms with E-state index in [9.17, 15) is 18.0 Å². The molecule has 3 rings (SSSR count). The highest BCUT2D eigenvalue weighted by molar-refractivity contribution is 6.03. The van der Waals surface area contributed by atoms with Crippen molar-refractivity contribution in [2.75, 3.05) is 18.2 Å². The van der Waals surface area contributed by atoms with Crippen LogP contribution in [0.1, 0.15) is 16.1 Å². The lowest BCUT2D eigenvalue weighted by Gasteiger charge is -2.07. The predicted molar refractivity (Wildman–Crippen MR) is 105 cm³/mol. The maximum absolute atomic E-state index is 12.3. The number of carbonyl (C=O) groups is 2. The van der Waals surface area contributed by atoms with Gasteiger partial charge in [0.05, 0.1) is 19.0 Å². The molecule has 0 atom stereocenters. The zero-order valence-electron chi connectivity index (χ0n) is 16.3. The third kappa shape index (κ3) is 6.45. The van der Waals surface area contributed by atoms with Gasteiger partial charge in [-0.2, -0.15) is 13.2 Å². The molecular weight excluding hydrogens is 419 g/mol. The van der Waals surface area contributed by atoms with E-state index in [-0.39, 0.29) is 11.6 Å². The highest BCUT2D eigenvalue weighted by Gasteiger charge is 2.38. The number of halogens is 3. The van der Waals surface area contributed by atoms with E-state index in [1.54, 1.807) is 25.4 Å². The fraction of sp³-hybridized carbons (Fsp3) is 0.158. The molecule has 0 radical (unpaired) electrons. The summed E-state index contributed by atoms with van der Waals surface area (Å²) in [4.78, 5) is 21.2. The van der Waals surface area contributed by atoms with Gasteiger partial charge in [0.15, 0.2) is 5.69 Å². The SMILES string of the molecule is COc1ccc(-n2cc(C(=O)Nc3cc(N)ccc3C)nn2)cc1.O=C(O)C(F)(F)F. The number of nitrogens with one attached hydrogen (secondary N) is 1. The first kappa shape index (κ1) is 23.2. The van der Waals surface area contributed by atoms with Gasteiger partial charge >= 0.3 is 12.1 Å². The number of hydrogen-bond donors (Lipinski definition) is 3. The smallest absolute Gasteiger partial charge is 0.490 e. The van der Waals surface area contributed by atoms with Crippen LogP contribution in [0.5, 0.6) is 5.75 Å². The first-order valence-electron chi connectivity index (χ1n) is 8.55. The number of anilines is 2. The lowest BCUT2D eigenvalue weighted by atomic mass is 10.2. The Balaban J connectivity index is 0.000000423. The molecule has 1 heterocycles. The fourth-order valence-electron chi connectivity index (χ4n) is 2.19. The van der Waals surface area contributed by atoms with Crippen molar-refractivity contribution in [3.8, 4) is 11.4 Å². The van der Waals surface area contributed by atoms with Crippen molar-refractivity contribution in [1.82, 2.24) is 15.0 Å². The molecule has 31 heavy (non-hydrogen) atoms. The Morgan fingerprint density at radius 2 is 1.77 bits per heavy atom. The van der Waals surface area contributed by atoms with Gasteiger partial charge in [-0.3, -0.25) is 4.79 Å². The average molecular weight is 437 g/mol. The van der Waals surface area contributed by atoms with Crippen LogP contribution in [0.25, 0.3) is 5.69 Å². The molecule has 0 aliphatic heterocycles. The number of rotatable bonds is 4. The molecule has 0 aliphatic carbocycles. The Bertz CT molecular complexity index is 1070. The number of hydrogen-bond acceptors (Lipinski definition) is 6. The number of methoxy groups -OCH3 is 1. The van der Waals surface area contributed by atoms with E-state index in [0.717, 1.165) is 17.0 Å². The molecule has 0 aliphatic rings. The Morgan fingerprint density at radius 1 is 1.16 bits per heavy atom. The van der Waals surface area contributed by atoms with Crippen molar-refractivity contribution in [3.05, 3.63) is 59.9 Å². The van der Waals surface area contributed by atoms with Gasteiger partial charge in [0.25, 0.3) is 5.91 Å². The molecule has 0 bridgehead atoms. The molecule has 4 N–H and O–H groups in total. The largest absolute Gasteiger partial charge is 0.497 e. The second-order valence-electron chi connectivity index (χ2n) is 6.08. The van der Waals surface area contributed by atoms with Gasteiger partial charge in [0.1, 0.15) is 5.75 Å². The zero-order chi connectivity index (χ0) is 23.2. The summed E-state index contributed by atoms with van der Waals surface area (Å²) in [7, 11) is 1.60. The lowest BCUT2D eigenvalue weighted by Crippen LogP contribution is -2.21. The summed E-state index contributed by atoms with van der Waals surface area (Å²) in [5.41, 5.74) is 8.90. The molecule has 0 saturated carbocycles. The van der Waals surface area contributed by atoms with E-state index < -0.39 is 12.1 Å². The van der Waals surface area contributed by atoms with Crippen molar-refractivity contribution in [1.29, 1.82) is 0 Å². The van der Waals surface area contributed by atoms with Crippen molar-refractivity contribution < 1.29 is 32.6 Å². The number of carboxylic acid groups (broad SMARTS) is 1. The van der Waals surface area contributed by atoms with Crippen LogP contribution in [-0.4, -0.2) is 45.3 Å². The van der Waals surface area contributed by atoms with Crippen LogP contribution in [0.2, 0.25) is 0 Å². The number of aliphatic carboxylic acids is 1. The quantitative estimate of drug-likeness (QED) is 0.535. The van der Waals surface area contributed by atoms with Crippen molar-refractivity contribution in [2.24, 2.45) is 0 Å². The molecule has 0 spiro atoms. The van der Waals surface area contributed by atoms with Crippen molar-refractivity contribution in [2.45, 2.75) is 13.1 Å². The molecule has 9 nitrogen and oxygen atoms in total. The number of nitrogens with two attached hydrogens (primary N) is 1. The number of aryl methyl sites for hydroxylation is 1. The summed E-state index contributed by atoms with van der Waals surface area (Å²) >= 11 is 0. The second kappa shape index (κ2) is 9.61. The molecule has 3 aromatic rings. The third-order valence-corrected chi connectivity index (χ3v) is 3.82. The van der Waals surface area contributed by atoms with E-state index in [1.165, 1.54) is 4.68 Å². The number of carbonyl (C=O) groups excluding carboxylic acids is 1. The summed E-state index contributed by atoms with van der Waals surface area (Å²) < 4.78 is 38.4. The van der Waals surface area contributed by atoms with Crippen LogP contribution in [-0.2, 0) is 4.79 Å². The highest BCUT2D eigenvalue weighted by atomic mass is 19.4. The number of ether oxygens (including phenoxy) is 1. The van der Waals surface area contributed by atoms with E-state index in [0.29, 0.717) is 11.4 Å². The van der Waals surface area contributed by atoms with Crippen molar-refractivity contribution >= 4 is 23.3 Å². The van der Waals surface area contributed by atoms with Crippen LogP contribution >= 0.6 is 0 Å². The maximum Gasteiger partial charge on any atom is 0.490 e. The van der Waals surface area contributed by atoms with E-state index in [1.807, 2.05) is 37.3 Å². The number of amides is 1. The minimum Gasteiger partial charge on any atom is -0.497 e. The van der Waals surface area contributed by atoms with E-state index in [4.69, 9.17) is 20.4 Å². The van der Waals surface area contributed by atoms with Gasteiger partial charge in [0.2, 0.25) is 0 Å². The van der Waals surface area contributed by atoms with Crippen LogP contribution in [0.3, 0.4) is 0 Å². The Hall–Kier alpha value is -4.09. The van der Waals surface area contributed by atoms with Gasteiger partial charge in [-0.05, 0) is 48.9 Å². The minimum absolute atomic E-state index is 0.215. The van der Waals surface area contributed by atoms with E-state index >= 15 is 0 Å². The van der Waals surface area contributed by atoms with Crippen LogP contribution < -0.4 is 15.8 Å². The molecule has 2 aromatic carbocycles. The number of alkyl halides is 3. The number of nitrogen functional groups attached to an aromatic ring is 1. The van der Waals surface area contributed by atoms with Crippen LogP contribution in [0, 0.1) is 6.92 Å². The van der Waals surface area contributed by atoms with E-state index in [2.05, 4.69) is 15.6 Å². The molecule has 12 heteroatoms. The zero-order valence-corrected chi connectivity index (χ0v) is 16.3. The summed E-state index contributed by atoms with van der Waals surface area (Å²) in [5.74, 6) is -2.36. The molecule has 1 aromatic heterocycles. The monoisotopic (exact) mass is 437 g/mol. The standard InChI is InChI=1S/C17H17N5O2.C2HF3O2/c1-11-3-4-12(18)9-15(11)19-17(23)16-10-22(21-20-16)13-5-7-14(24-2)8-6-13;3-2(4,5)1(6)7/h3-10H,18H2,1-2H3,(H,19,23);(H,6,7). The first-order chi connectivity index (χ1) is 14.5. The first-order valence-corrected chi connectivity index (χ1v) is 8.55. The Kier molecular flexibility index (Phi) is 7.19. The summed E-state index contributed by atoms with van der Waals surface area (Å²) in [6.07, 6.45) is -3.52. The van der Waals surface area contributed by atoms with Crippen molar-refractivity contribution in [3.63, 3.8) is 0 Å². The molecule has 164 valence electrons. The normalized spacial score (nSPS) is 10.6. The van der Waals surface area contributed by atoms with Gasteiger partial charge < -0.3 is 20.9 Å². The van der Waals surface area contributed by atoms with Crippen LogP contribution in [0.4, 0.5) is 24.5 Å². The lowest BCUT2D eigenvalue weighted by molar-refractivity contribution is -0.192. The van der Waals surface area contributed by atoms with Gasteiger partial charge in [-0.25, -0.2) is 9.48 Å². The summed E-state index contributed by atoms with van der Waals surface area (Å²) in [6.45, 7) is 1.89. The second-order valence-corrected chi connectivity index (χ2v) is 6.08. The van der Waals surface area contributed by atoms with Crippen LogP contribution in [0.15, 0.2) is 48.7 Å². The molecule has 0 unspecified atom stereocenters. The number of nitrogens with zero attached hydrogens (tertiary/aromatic N) is 3. The molecular formula is C19H18F3N5O4.